The van der Waals surface area contributed by atoms with Crippen LogP contribution in [0, 0.1) is 0 Å². The standard InChI is InChI=1S/C10H18O5S/c1-2-3-4-5-6-16-10(15,9(13)14)7-8(11)12/h15H,2-7H2,1H3,(H,11,12)(H,13,14). The molecular weight excluding hydrogens is 232 g/mol. The minimum Gasteiger partial charge on any atom is -0.481 e. The van der Waals surface area contributed by atoms with Crippen LogP contribution in [0.15, 0.2) is 0 Å². The maximum absolute atomic E-state index is 10.7. The third-order valence-electron chi connectivity index (χ3n) is 2.06. The SMILES string of the molecule is CCCCCCSC(O)(CC(=O)O)C(=O)O. The quantitative estimate of drug-likeness (QED) is 0.424. The zero-order valence-electron chi connectivity index (χ0n) is 9.31. The first-order valence-corrected chi connectivity index (χ1v) is 6.22. The predicted molar refractivity (Wildman–Crippen MR) is 61.4 cm³/mol. The highest BCUT2D eigenvalue weighted by atomic mass is 32.2. The van der Waals surface area contributed by atoms with Gasteiger partial charge in [0.2, 0.25) is 4.93 Å². The van der Waals surface area contributed by atoms with Gasteiger partial charge >= 0.3 is 11.9 Å². The second kappa shape index (κ2) is 7.51. The first kappa shape index (κ1) is 15.2. The fraction of sp³-hybridized carbons (Fsp3) is 0.800. The van der Waals surface area contributed by atoms with Crippen LogP contribution in [0.25, 0.3) is 0 Å². The summed E-state index contributed by atoms with van der Waals surface area (Å²) in [5.41, 5.74) is 0. The number of aliphatic hydroxyl groups is 1. The van der Waals surface area contributed by atoms with E-state index in [1.54, 1.807) is 0 Å². The van der Waals surface area contributed by atoms with Gasteiger partial charge in [0.15, 0.2) is 0 Å². The van der Waals surface area contributed by atoms with Crippen molar-refractivity contribution in [1.82, 2.24) is 0 Å². The number of rotatable bonds is 9. The molecule has 16 heavy (non-hydrogen) atoms. The number of aliphatic carboxylic acids is 2. The lowest BCUT2D eigenvalue weighted by atomic mass is 10.2. The topological polar surface area (TPSA) is 94.8 Å². The van der Waals surface area contributed by atoms with Crippen molar-refractivity contribution in [1.29, 1.82) is 0 Å². The van der Waals surface area contributed by atoms with E-state index in [0.29, 0.717) is 5.75 Å². The van der Waals surface area contributed by atoms with E-state index in [0.717, 1.165) is 37.4 Å². The molecular formula is C10H18O5S. The molecule has 0 aliphatic carbocycles. The van der Waals surface area contributed by atoms with Crippen LogP contribution < -0.4 is 0 Å². The van der Waals surface area contributed by atoms with Crippen LogP contribution in [0.2, 0.25) is 0 Å². The largest absolute Gasteiger partial charge is 0.481 e. The number of unbranched alkanes of at least 4 members (excludes halogenated alkanes) is 3. The summed E-state index contributed by atoms with van der Waals surface area (Å²) < 4.78 is 0. The van der Waals surface area contributed by atoms with E-state index in [1.165, 1.54) is 0 Å². The van der Waals surface area contributed by atoms with Crippen LogP contribution in [-0.2, 0) is 9.59 Å². The van der Waals surface area contributed by atoms with Gasteiger partial charge in [-0.2, -0.15) is 0 Å². The second-order valence-corrected chi connectivity index (χ2v) is 4.94. The Hall–Kier alpha value is -0.750. The van der Waals surface area contributed by atoms with E-state index in [2.05, 4.69) is 6.92 Å². The molecule has 0 radical (unpaired) electrons. The molecule has 0 saturated carbocycles. The number of hydrogen-bond donors (Lipinski definition) is 3. The molecule has 0 heterocycles. The van der Waals surface area contributed by atoms with Gasteiger partial charge in [0.25, 0.3) is 0 Å². The molecule has 1 unspecified atom stereocenters. The summed E-state index contributed by atoms with van der Waals surface area (Å²) in [5.74, 6) is -2.35. The van der Waals surface area contributed by atoms with E-state index in [1.807, 2.05) is 0 Å². The first-order chi connectivity index (χ1) is 7.42. The lowest BCUT2D eigenvalue weighted by molar-refractivity contribution is -0.155. The van der Waals surface area contributed by atoms with Crippen molar-refractivity contribution < 1.29 is 24.9 Å². The lowest BCUT2D eigenvalue weighted by Crippen LogP contribution is -2.37. The normalized spacial score (nSPS) is 14.4. The molecule has 0 aromatic rings. The zero-order valence-corrected chi connectivity index (χ0v) is 10.1. The molecule has 5 nitrogen and oxygen atoms in total. The van der Waals surface area contributed by atoms with Crippen molar-refractivity contribution in [2.75, 3.05) is 5.75 Å². The molecule has 0 fully saturated rings. The van der Waals surface area contributed by atoms with Crippen LogP contribution in [0.1, 0.15) is 39.0 Å². The molecule has 0 aliphatic rings. The Morgan fingerprint density at radius 1 is 1.19 bits per heavy atom. The molecule has 0 saturated heterocycles. The highest BCUT2D eigenvalue weighted by molar-refractivity contribution is 8.01. The maximum atomic E-state index is 10.7. The Labute approximate surface area is 98.9 Å². The van der Waals surface area contributed by atoms with Crippen LogP contribution in [-0.4, -0.2) is 37.9 Å². The number of hydrogen-bond acceptors (Lipinski definition) is 4. The molecule has 0 amide bonds. The maximum Gasteiger partial charge on any atom is 0.347 e. The van der Waals surface area contributed by atoms with Crippen molar-refractivity contribution in [3.05, 3.63) is 0 Å². The summed E-state index contributed by atoms with van der Waals surface area (Å²) in [6.07, 6.45) is 3.11. The molecule has 94 valence electrons. The van der Waals surface area contributed by atoms with Crippen LogP contribution in [0.3, 0.4) is 0 Å². The summed E-state index contributed by atoms with van der Waals surface area (Å²) in [7, 11) is 0. The minimum absolute atomic E-state index is 0.454. The summed E-state index contributed by atoms with van der Waals surface area (Å²) in [5, 5.41) is 26.9. The van der Waals surface area contributed by atoms with Crippen LogP contribution >= 0.6 is 11.8 Å². The fourth-order valence-electron chi connectivity index (χ4n) is 1.16. The number of carbonyl (C=O) groups is 2. The van der Waals surface area contributed by atoms with Gasteiger partial charge in [0.05, 0.1) is 6.42 Å². The third-order valence-corrected chi connectivity index (χ3v) is 3.35. The van der Waals surface area contributed by atoms with Crippen molar-refractivity contribution >= 4 is 23.7 Å². The van der Waals surface area contributed by atoms with Crippen molar-refractivity contribution in [2.24, 2.45) is 0 Å². The minimum atomic E-state index is -2.20. The predicted octanol–water partition coefficient (Wildman–Crippen LogP) is 1.55. The van der Waals surface area contributed by atoms with Gasteiger partial charge in [-0.25, -0.2) is 4.79 Å². The lowest BCUT2D eigenvalue weighted by Gasteiger charge is -2.20. The highest BCUT2D eigenvalue weighted by Gasteiger charge is 2.38. The van der Waals surface area contributed by atoms with Crippen molar-refractivity contribution in [3.8, 4) is 0 Å². The van der Waals surface area contributed by atoms with E-state index in [-0.39, 0.29) is 0 Å². The first-order valence-electron chi connectivity index (χ1n) is 5.24. The monoisotopic (exact) mass is 250 g/mol. The van der Waals surface area contributed by atoms with Gasteiger partial charge in [-0.1, -0.05) is 26.2 Å². The molecule has 0 rings (SSSR count). The van der Waals surface area contributed by atoms with E-state index >= 15 is 0 Å². The van der Waals surface area contributed by atoms with Gasteiger partial charge in [-0.15, -0.1) is 11.8 Å². The van der Waals surface area contributed by atoms with E-state index < -0.39 is 23.3 Å². The van der Waals surface area contributed by atoms with Gasteiger partial charge in [0, 0.05) is 0 Å². The Balaban J connectivity index is 4.03. The Morgan fingerprint density at radius 2 is 1.81 bits per heavy atom. The van der Waals surface area contributed by atoms with Gasteiger partial charge in [-0.05, 0) is 12.2 Å². The van der Waals surface area contributed by atoms with Crippen molar-refractivity contribution in [3.63, 3.8) is 0 Å². The summed E-state index contributed by atoms with van der Waals surface area (Å²) in [6.45, 7) is 2.06. The summed E-state index contributed by atoms with van der Waals surface area (Å²) in [6, 6.07) is 0. The molecule has 0 bridgehead atoms. The molecule has 6 heteroatoms. The molecule has 1 atom stereocenters. The van der Waals surface area contributed by atoms with Gasteiger partial charge in [-0.3, -0.25) is 4.79 Å². The molecule has 3 N–H and O–H groups in total. The molecule has 0 aliphatic heterocycles. The van der Waals surface area contributed by atoms with Gasteiger partial charge < -0.3 is 15.3 Å². The zero-order chi connectivity index (χ0) is 12.6. The van der Waals surface area contributed by atoms with Crippen LogP contribution in [0.4, 0.5) is 0 Å². The average molecular weight is 250 g/mol. The average Bonchev–Trinajstić information content (AvgIpc) is 2.16. The van der Waals surface area contributed by atoms with E-state index in [9.17, 15) is 14.7 Å². The van der Waals surface area contributed by atoms with Crippen molar-refractivity contribution in [2.45, 2.75) is 44.0 Å². The number of thioether (sulfide) groups is 1. The molecule has 0 aromatic heterocycles. The summed E-state index contributed by atoms with van der Waals surface area (Å²) in [4.78, 5) is 19.0. The highest BCUT2D eigenvalue weighted by Crippen LogP contribution is 2.27. The molecule has 0 spiro atoms. The second-order valence-electron chi connectivity index (χ2n) is 3.57. The van der Waals surface area contributed by atoms with Gasteiger partial charge in [0.1, 0.15) is 0 Å². The van der Waals surface area contributed by atoms with E-state index in [4.69, 9.17) is 10.2 Å². The number of carboxylic acids is 2. The molecule has 0 aromatic carbocycles. The Kier molecular flexibility index (Phi) is 7.16. The smallest absolute Gasteiger partial charge is 0.347 e. The third kappa shape index (κ3) is 5.97. The Morgan fingerprint density at radius 3 is 2.25 bits per heavy atom. The Bertz CT molecular complexity index is 243. The summed E-state index contributed by atoms with van der Waals surface area (Å²) >= 11 is 0.786. The van der Waals surface area contributed by atoms with Crippen LogP contribution in [0.5, 0.6) is 0 Å². The number of carboxylic acid groups (broad SMARTS) is 2. The fourth-order valence-corrected chi connectivity index (χ4v) is 2.20.